The second kappa shape index (κ2) is 6.73. The topological polar surface area (TPSA) is 89.1 Å². The molecule has 0 spiro atoms. The van der Waals surface area contributed by atoms with Gasteiger partial charge in [-0.15, -0.1) is 0 Å². The molecule has 120 valence electrons. The van der Waals surface area contributed by atoms with Crippen LogP contribution in [-0.2, 0) is 0 Å². The number of H-pyrrole nitrogens is 1. The second-order valence-electron chi connectivity index (χ2n) is 4.74. The van der Waals surface area contributed by atoms with E-state index in [1.165, 1.54) is 23.0 Å². The smallest absolute Gasteiger partial charge is 0.258 e. The summed E-state index contributed by atoms with van der Waals surface area (Å²) < 4.78 is 1.76. The van der Waals surface area contributed by atoms with Crippen molar-refractivity contribution in [1.82, 2.24) is 14.9 Å². The number of hydrogen-bond acceptors (Lipinski definition) is 5. The fourth-order valence-electron chi connectivity index (χ4n) is 2.05. The monoisotopic (exact) mass is 359 g/mol. The van der Waals surface area contributed by atoms with Gasteiger partial charge in [-0.05, 0) is 18.3 Å². The highest BCUT2D eigenvalue weighted by atomic mass is 35.5. The fourth-order valence-corrected chi connectivity index (χ4v) is 2.41. The van der Waals surface area contributed by atoms with Crippen molar-refractivity contribution in [2.45, 2.75) is 0 Å². The van der Waals surface area contributed by atoms with E-state index in [2.05, 4.69) is 15.3 Å². The molecule has 3 rings (SSSR count). The summed E-state index contributed by atoms with van der Waals surface area (Å²) >= 11 is 11.0. The standard InChI is InChI=1S/C15H10ClN5O2S/c16-12-7-6-10(8-13(12)21(22)23)9-17-20-14(18-19-15(20)24)11-4-2-1-3-5-11/h1-9H,(H,19,24)/b17-9+. The van der Waals surface area contributed by atoms with Crippen molar-refractivity contribution in [3.63, 3.8) is 0 Å². The molecule has 2 aromatic carbocycles. The van der Waals surface area contributed by atoms with Crippen molar-refractivity contribution in [2.24, 2.45) is 5.10 Å². The Kier molecular flexibility index (Phi) is 4.50. The Balaban J connectivity index is 1.99. The molecule has 24 heavy (non-hydrogen) atoms. The maximum atomic E-state index is 10.9. The summed E-state index contributed by atoms with van der Waals surface area (Å²) in [6.07, 6.45) is 1.46. The largest absolute Gasteiger partial charge is 0.288 e. The van der Waals surface area contributed by atoms with Crippen LogP contribution in [0, 0.1) is 14.9 Å². The van der Waals surface area contributed by atoms with E-state index in [0.29, 0.717) is 16.2 Å². The van der Waals surface area contributed by atoms with E-state index in [9.17, 15) is 10.1 Å². The third kappa shape index (κ3) is 3.24. The highest BCUT2D eigenvalue weighted by molar-refractivity contribution is 7.71. The third-order valence-electron chi connectivity index (χ3n) is 3.17. The van der Waals surface area contributed by atoms with Gasteiger partial charge < -0.3 is 0 Å². The lowest BCUT2D eigenvalue weighted by Gasteiger charge is -2.01. The molecule has 0 bridgehead atoms. The van der Waals surface area contributed by atoms with Gasteiger partial charge in [0.25, 0.3) is 5.69 Å². The molecular weight excluding hydrogens is 350 g/mol. The summed E-state index contributed by atoms with van der Waals surface area (Å²) in [5.74, 6) is 0.542. The highest BCUT2D eigenvalue weighted by Gasteiger charge is 2.12. The van der Waals surface area contributed by atoms with Gasteiger partial charge in [0, 0.05) is 17.2 Å². The fraction of sp³-hybridized carbons (Fsp3) is 0. The lowest BCUT2D eigenvalue weighted by molar-refractivity contribution is -0.384. The average molecular weight is 360 g/mol. The van der Waals surface area contributed by atoms with Crippen molar-refractivity contribution in [2.75, 3.05) is 0 Å². The molecule has 9 heteroatoms. The molecule has 0 aliphatic carbocycles. The molecule has 0 radical (unpaired) electrons. The van der Waals surface area contributed by atoms with E-state index in [4.69, 9.17) is 23.8 Å². The van der Waals surface area contributed by atoms with Crippen molar-refractivity contribution in [3.05, 3.63) is 74.0 Å². The molecule has 0 saturated carbocycles. The van der Waals surface area contributed by atoms with Gasteiger partial charge in [0.1, 0.15) is 5.02 Å². The normalized spacial score (nSPS) is 11.0. The number of halogens is 1. The molecule has 0 aliphatic heterocycles. The van der Waals surface area contributed by atoms with Crippen LogP contribution < -0.4 is 0 Å². The molecule has 1 aromatic heterocycles. The Bertz CT molecular complexity index is 981. The molecule has 1 heterocycles. The van der Waals surface area contributed by atoms with E-state index in [0.717, 1.165) is 5.56 Å². The Morgan fingerprint density at radius 1 is 1.29 bits per heavy atom. The summed E-state index contributed by atoms with van der Waals surface area (Å²) in [6, 6.07) is 13.8. The molecular formula is C15H10ClN5O2S. The van der Waals surface area contributed by atoms with Crippen LogP contribution in [0.5, 0.6) is 0 Å². The van der Waals surface area contributed by atoms with Gasteiger partial charge in [-0.3, -0.25) is 10.1 Å². The van der Waals surface area contributed by atoms with Crippen molar-refractivity contribution in [1.29, 1.82) is 0 Å². The molecule has 3 aromatic rings. The molecule has 0 saturated heterocycles. The number of nitrogens with one attached hydrogen (secondary N) is 1. The summed E-state index contributed by atoms with van der Waals surface area (Å²) in [7, 11) is 0. The molecule has 0 atom stereocenters. The Morgan fingerprint density at radius 2 is 2.04 bits per heavy atom. The first-order valence-electron chi connectivity index (χ1n) is 6.77. The van der Waals surface area contributed by atoms with Gasteiger partial charge in [-0.25, -0.2) is 5.10 Å². The first-order valence-corrected chi connectivity index (χ1v) is 7.56. The molecule has 0 aliphatic rings. The van der Waals surface area contributed by atoms with Crippen molar-refractivity contribution < 1.29 is 4.92 Å². The zero-order chi connectivity index (χ0) is 17.1. The summed E-state index contributed by atoms with van der Waals surface area (Å²) in [5.41, 5.74) is 1.18. The minimum absolute atomic E-state index is 0.0713. The van der Waals surface area contributed by atoms with Crippen LogP contribution in [0.4, 0.5) is 5.69 Å². The van der Waals surface area contributed by atoms with Crippen LogP contribution in [0.2, 0.25) is 5.02 Å². The minimum atomic E-state index is -0.543. The number of aromatic amines is 1. The van der Waals surface area contributed by atoms with E-state index in [-0.39, 0.29) is 10.7 Å². The number of benzene rings is 2. The van der Waals surface area contributed by atoms with Gasteiger partial charge in [0.05, 0.1) is 11.1 Å². The Labute approximate surface area is 146 Å². The van der Waals surface area contributed by atoms with Gasteiger partial charge >= 0.3 is 0 Å². The van der Waals surface area contributed by atoms with E-state index in [1.54, 1.807) is 6.07 Å². The van der Waals surface area contributed by atoms with E-state index < -0.39 is 4.92 Å². The number of nitro benzene ring substituents is 1. The minimum Gasteiger partial charge on any atom is -0.258 e. The van der Waals surface area contributed by atoms with Crippen LogP contribution in [0.3, 0.4) is 0 Å². The van der Waals surface area contributed by atoms with Crippen LogP contribution >= 0.6 is 23.8 Å². The summed E-state index contributed by atoms with van der Waals surface area (Å²) in [6.45, 7) is 0. The summed E-state index contributed by atoms with van der Waals surface area (Å²) in [5, 5.41) is 22.1. The van der Waals surface area contributed by atoms with Crippen molar-refractivity contribution >= 4 is 35.7 Å². The average Bonchev–Trinajstić information content (AvgIpc) is 2.95. The predicted molar refractivity (Wildman–Crippen MR) is 93.9 cm³/mol. The maximum Gasteiger partial charge on any atom is 0.288 e. The molecule has 0 amide bonds. The predicted octanol–water partition coefficient (Wildman–Crippen LogP) is 4.05. The molecule has 1 N–H and O–H groups in total. The lowest BCUT2D eigenvalue weighted by atomic mass is 10.2. The maximum absolute atomic E-state index is 10.9. The lowest BCUT2D eigenvalue weighted by Crippen LogP contribution is -1.96. The van der Waals surface area contributed by atoms with E-state index in [1.807, 2.05) is 30.3 Å². The zero-order valence-corrected chi connectivity index (χ0v) is 13.7. The summed E-state index contributed by atoms with van der Waals surface area (Å²) in [4.78, 5) is 10.4. The molecule has 7 nitrogen and oxygen atoms in total. The molecule has 0 unspecified atom stereocenters. The Hall–Kier alpha value is -2.84. The Morgan fingerprint density at radius 3 is 2.75 bits per heavy atom. The van der Waals surface area contributed by atoms with Crippen LogP contribution in [-0.4, -0.2) is 26.0 Å². The van der Waals surface area contributed by atoms with Gasteiger partial charge in [-0.1, -0.05) is 48.0 Å². The number of nitrogens with zero attached hydrogens (tertiary/aromatic N) is 4. The van der Waals surface area contributed by atoms with Gasteiger partial charge in [0.15, 0.2) is 5.82 Å². The quantitative estimate of drug-likeness (QED) is 0.329. The van der Waals surface area contributed by atoms with Gasteiger partial charge in [0.2, 0.25) is 4.77 Å². The highest BCUT2D eigenvalue weighted by Crippen LogP contribution is 2.24. The van der Waals surface area contributed by atoms with Crippen LogP contribution in [0.1, 0.15) is 5.56 Å². The van der Waals surface area contributed by atoms with Crippen LogP contribution in [0.15, 0.2) is 53.6 Å². The van der Waals surface area contributed by atoms with Crippen molar-refractivity contribution in [3.8, 4) is 11.4 Å². The SMILES string of the molecule is O=[N+]([O-])c1cc(/C=N/n2c(-c3ccccc3)n[nH]c2=S)ccc1Cl. The number of nitro groups is 1. The number of rotatable bonds is 4. The first-order chi connectivity index (χ1) is 11.6. The zero-order valence-electron chi connectivity index (χ0n) is 12.1. The second-order valence-corrected chi connectivity index (χ2v) is 5.54. The van der Waals surface area contributed by atoms with E-state index >= 15 is 0 Å². The first kappa shape index (κ1) is 16.0. The van der Waals surface area contributed by atoms with Gasteiger partial charge in [-0.2, -0.15) is 14.9 Å². The van der Waals surface area contributed by atoms with Crippen LogP contribution in [0.25, 0.3) is 11.4 Å². The molecule has 0 fully saturated rings. The number of aromatic nitrogens is 3. The third-order valence-corrected chi connectivity index (χ3v) is 3.76. The number of hydrogen-bond donors (Lipinski definition) is 1.